The molecular weight excluding hydrogens is 354 g/mol. The number of unbranched alkanes of at least 4 members (excludes halogenated alkanes) is 2. The standard InChI is InChI=1S/C23H29NO4/c1-3-4-5-16-28-21-12-8-19(9-13-21)22(25)14-15-23(26)24-17-18-6-10-20(27-2)11-7-18/h6-13H,3-5,14-17H2,1-2H3,(H,24,26). The maximum absolute atomic E-state index is 12.3. The number of nitrogens with one attached hydrogen (secondary N) is 1. The average Bonchev–Trinajstić information content (AvgIpc) is 2.74. The highest BCUT2D eigenvalue weighted by Crippen LogP contribution is 2.15. The highest BCUT2D eigenvalue weighted by molar-refractivity contribution is 5.98. The summed E-state index contributed by atoms with van der Waals surface area (Å²) in [5.74, 6) is 1.36. The molecular formula is C23H29NO4. The monoisotopic (exact) mass is 383 g/mol. The Bertz CT molecular complexity index is 738. The molecule has 0 radical (unpaired) electrons. The molecule has 0 heterocycles. The molecule has 0 spiro atoms. The van der Waals surface area contributed by atoms with E-state index in [1.807, 2.05) is 36.4 Å². The van der Waals surface area contributed by atoms with Crippen LogP contribution >= 0.6 is 0 Å². The number of ketones is 1. The summed E-state index contributed by atoms with van der Waals surface area (Å²) in [6.45, 7) is 3.27. The molecule has 0 fully saturated rings. The third-order valence-corrected chi connectivity index (χ3v) is 4.42. The summed E-state index contributed by atoms with van der Waals surface area (Å²) in [7, 11) is 1.61. The summed E-state index contributed by atoms with van der Waals surface area (Å²) in [6.07, 6.45) is 3.69. The normalized spacial score (nSPS) is 10.4. The quantitative estimate of drug-likeness (QED) is 0.432. The summed E-state index contributed by atoms with van der Waals surface area (Å²) in [4.78, 5) is 24.3. The zero-order chi connectivity index (χ0) is 20.2. The largest absolute Gasteiger partial charge is 0.497 e. The number of methoxy groups -OCH3 is 1. The predicted molar refractivity (Wildman–Crippen MR) is 110 cm³/mol. The Labute approximate surface area is 167 Å². The van der Waals surface area contributed by atoms with Crippen molar-refractivity contribution in [3.63, 3.8) is 0 Å². The molecule has 0 aromatic heterocycles. The van der Waals surface area contributed by atoms with E-state index in [4.69, 9.17) is 9.47 Å². The second-order valence-electron chi connectivity index (χ2n) is 6.63. The van der Waals surface area contributed by atoms with Gasteiger partial charge < -0.3 is 14.8 Å². The first kappa shape index (κ1) is 21.5. The number of rotatable bonds is 12. The van der Waals surface area contributed by atoms with Crippen LogP contribution in [-0.4, -0.2) is 25.4 Å². The number of amides is 1. The first-order valence-electron chi connectivity index (χ1n) is 9.78. The molecule has 0 aliphatic rings. The molecule has 5 nitrogen and oxygen atoms in total. The molecule has 0 bridgehead atoms. The lowest BCUT2D eigenvalue weighted by Gasteiger charge is -2.08. The van der Waals surface area contributed by atoms with E-state index in [-0.39, 0.29) is 24.5 Å². The van der Waals surface area contributed by atoms with Crippen LogP contribution in [0, 0.1) is 0 Å². The number of carbonyl (C=O) groups is 2. The molecule has 0 saturated carbocycles. The van der Waals surface area contributed by atoms with Crippen molar-refractivity contribution in [1.82, 2.24) is 5.32 Å². The topological polar surface area (TPSA) is 64.6 Å². The van der Waals surface area contributed by atoms with Gasteiger partial charge in [-0.2, -0.15) is 0 Å². The smallest absolute Gasteiger partial charge is 0.220 e. The molecule has 0 unspecified atom stereocenters. The number of hydrogen-bond donors (Lipinski definition) is 1. The van der Waals surface area contributed by atoms with Gasteiger partial charge in [0.2, 0.25) is 5.91 Å². The van der Waals surface area contributed by atoms with Gasteiger partial charge in [0.15, 0.2) is 5.78 Å². The first-order valence-corrected chi connectivity index (χ1v) is 9.78. The van der Waals surface area contributed by atoms with E-state index >= 15 is 0 Å². The minimum Gasteiger partial charge on any atom is -0.497 e. The SMILES string of the molecule is CCCCCOc1ccc(C(=O)CCC(=O)NCc2ccc(OC)cc2)cc1. The van der Waals surface area contributed by atoms with E-state index in [9.17, 15) is 9.59 Å². The summed E-state index contributed by atoms with van der Waals surface area (Å²) < 4.78 is 10.8. The van der Waals surface area contributed by atoms with E-state index in [0.717, 1.165) is 36.3 Å². The van der Waals surface area contributed by atoms with E-state index in [1.54, 1.807) is 19.2 Å². The van der Waals surface area contributed by atoms with Crippen molar-refractivity contribution < 1.29 is 19.1 Å². The molecule has 0 aliphatic carbocycles. The van der Waals surface area contributed by atoms with Gasteiger partial charge in [0, 0.05) is 24.9 Å². The van der Waals surface area contributed by atoms with Gasteiger partial charge in [-0.3, -0.25) is 9.59 Å². The van der Waals surface area contributed by atoms with Crippen LogP contribution in [0.4, 0.5) is 0 Å². The zero-order valence-electron chi connectivity index (χ0n) is 16.7. The molecule has 5 heteroatoms. The second kappa shape index (κ2) is 11.8. The second-order valence-corrected chi connectivity index (χ2v) is 6.63. The van der Waals surface area contributed by atoms with Gasteiger partial charge in [-0.15, -0.1) is 0 Å². The van der Waals surface area contributed by atoms with E-state index in [2.05, 4.69) is 12.2 Å². The molecule has 0 saturated heterocycles. The number of ether oxygens (including phenoxy) is 2. The van der Waals surface area contributed by atoms with Gasteiger partial charge in [-0.05, 0) is 48.4 Å². The molecule has 1 amide bonds. The number of carbonyl (C=O) groups excluding carboxylic acids is 2. The van der Waals surface area contributed by atoms with Crippen LogP contribution < -0.4 is 14.8 Å². The van der Waals surface area contributed by atoms with Crippen LogP contribution in [-0.2, 0) is 11.3 Å². The fraction of sp³-hybridized carbons (Fsp3) is 0.391. The van der Waals surface area contributed by atoms with Gasteiger partial charge in [-0.25, -0.2) is 0 Å². The van der Waals surface area contributed by atoms with Crippen LogP contribution in [0.2, 0.25) is 0 Å². The molecule has 1 N–H and O–H groups in total. The van der Waals surface area contributed by atoms with E-state index < -0.39 is 0 Å². The molecule has 0 atom stereocenters. The lowest BCUT2D eigenvalue weighted by Crippen LogP contribution is -2.23. The Hall–Kier alpha value is -2.82. The van der Waals surface area contributed by atoms with Crippen molar-refractivity contribution in [1.29, 1.82) is 0 Å². The Morgan fingerprint density at radius 2 is 1.57 bits per heavy atom. The fourth-order valence-corrected chi connectivity index (χ4v) is 2.68. The van der Waals surface area contributed by atoms with Crippen molar-refractivity contribution in [2.75, 3.05) is 13.7 Å². The molecule has 2 aromatic rings. The van der Waals surface area contributed by atoms with Crippen molar-refractivity contribution in [3.05, 3.63) is 59.7 Å². The lowest BCUT2D eigenvalue weighted by molar-refractivity contribution is -0.121. The van der Waals surface area contributed by atoms with Crippen LogP contribution in [0.15, 0.2) is 48.5 Å². The van der Waals surface area contributed by atoms with E-state index in [0.29, 0.717) is 18.7 Å². The van der Waals surface area contributed by atoms with Crippen molar-refractivity contribution in [2.24, 2.45) is 0 Å². The summed E-state index contributed by atoms with van der Waals surface area (Å²) in [6, 6.07) is 14.6. The van der Waals surface area contributed by atoms with Gasteiger partial charge >= 0.3 is 0 Å². The molecule has 150 valence electrons. The lowest BCUT2D eigenvalue weighted by atomic mass is 10.1. The maximum atomic E-state index is 12.3. The van der Waals surface area contributed by atoms with Gasteiger partial charge in [0.25, 0.3) is 0 Å². The van der Waals surface area contributed by atoms with Gasteiger partial charge in [0.05, 0.1) is 13.7 Å². The first-order chi connectivity index (χ1) is 13.6. The summed E-state index contributed by atoms with van der Waals surface area (Å²) in [5.41, 5.74) is 1.58. The van der Waals surface area contributed by atoms with Crippen molar-refractivity contribution >= 4 is 11.7 Å². The molecule has 2 rings (SSSR count). The summed E-state index contributed by atoms with van der Waals surface area (Å²) in [5, 5.41) is 2.83. The van der Waals surface area contributed by atoms with Gasteiger partial charge in [-0.1, -0.05) is 31.9 Å². The molecule has 0 aliphatic heterocycles. The molecule has 28 heavy (non-hydrogen) atoms. The molecule has 2 aromatic carbocycles. The number of benzene rings is 2. The van der Waals surface area contributed by atoms with Crippen molar-refractivity contribution in [2.45, 2.75) is 45.6 Å². The summed E-state index contributed by atoms with van der Waals surface area (Å²) >= 11 is 0. The van der Waals surface area contributed by atoms with Crippen LogP contribution in [0.5, 0.6) is 11.5 Å². The predicted octanol–water partition coefficient (Wildman–Crippen LogP) is 4.54. The highest BCUT2D eigenvalue weighted by Gasteiger charge is 2.10. The minimum atomic E-state index is -0.139. The third-order valence-electron chi connectivity index (χ3n) is 4.42. The highest BCUT2D eigenvalue weighted by atomic mass is 16.5. The minimum absolute atomic E-state index is 0.0443. The zero-order valence-corrected chi connectivity index (χ0v) is 16.7. The number of Topliss-reactive ketones (excluding diaryl/α,β-unsaturated/α-hetero) is 1. The third kappa shape index (κ3) is 7.43. The Morgan fingerprint density at radius 1 is 0.893 bits per heavy atom. The average molecular weight is 383 g/mol. The van der Waals surface area contributed by atoms with Crippen molar-refractivity contribution in [3.8, 4) is 11.5 Å². The van der Waals surface area contributed by atoms with Crippen LogP contribution in [0.25, 0.3) is 0 Å². The Balaban J connectivity index is 1.70. The van der Waals surface area contributed by atoms with Crippen LogP contribution in [0.1, 0.15) is 54.9 Å². The fourth-order valence-electron chi connectivity index (χ4n) is 2.68. The maximum Gasteiger partial charge on any atom is 0.220 e. The number of hydrogen-bond acceptors (Lipinski definition) is 4. The van der Waals surface area contributed by atoms with Crippen LogP contribution in [0.3, 0.4) is 0 Å². The Morgan fingerprint density at radius 3 is 2.21 bits per heavy atom. The Kier molecular flexibility index (Phi) is 9.05. The van der Waals surface area contributed by atoms with E-state index in [1.165, 1.54) is 0 Å². The van der Waals surface area contributed by atoms with Gasteiger partial charge in [0.1, 0.15) is 11.5 Å².